The summed E-state index contributed by atoms with van der Waals surface area (Å²) in [4.78, 5) is 18.4. The molecule has 0 radical (unpaired) electrons. The van der Waals surface area contributed by atoms with E-state index in [-0.39, 0.29) is 17.1 Å². The zero-order valence-corrected chi connectivity index (χ0v) is 11.8. The lowest BCUT2D eigenvalue weighted by molar-refractivity contribution is 0.0691. The molecule has 9 heteroatoms. The van der Waals surface area contributed by atoms with Crippen LogP contribution in [0.3, 0.4) is 0 Å². The lowest BCUT2D eigenvalue weighted by Crippen LogP contribution is -2.26. The predicted molar refractivity (Wildman–Crippen MR) is 72.2 cm³/mol. The van der Waals surface area contributed by atoms with Crippen molar-refractivity contribution in [2.75, 3.05) is 6.54 Å². The van der Waals surface area contributed by atoms with Gasteiger partial charge in [-0.05, 0) is 12.1 Å². The molecular weight excluding hydrogens is 302 g/mol. The van der Waals surface area contributed by atoms with Crippen molar-refractivity contribution < 1.29 is 18.3 Å². The number of hydrogen-bond donors (Lipinski definition) is 2. The van der Waals surface area contributed by atoms with Crippen LogP contribution in [0.25, 0.3) is 0 Å². The summed E-state index contributed by atoms with van der Waals surface area (Å²) in [7, 11) is -3.59. The van der Waals surface area contributed by atoms with Gasteiger partial charge in [-0.3, -0.25) is 4.98 Å². The van der Waals surface area contributed by atoms with Crippen molar-refractivity contribution in [3.8, 4) is 0 Å². The standard InChI is InChI=1S/C11H11N3O4S2/c15-11(16)9-7-19-10(14-9)3-5-13-20(17,18)8-2-1-4-12-6-8/h1-2,4,6-7,13H,3,5H2,(H,15,16). The lowest BCUT2D eigenvalue weighted by Gasteiger charge is -2.04. The second-order valence-corrected chi connectivity index (χ2v) is 6.48. The smallest absolute Gasteiger partial charge is 0.355 e. The Morgan fingerprint density at radius 3 is 2.85 bits per heavy atom. The molecule has 2 aromatic rings. The van der Waals surface area contributed by atoms with Crippen LogP contribution in [0.15, 0.2) is 34.8 Å². The van der Waals surface area contributed by atoms with E-state index in [9.17, 15) is 13.2 Å². The van der Waals surface area contributed by atoms with Gasteiger partial charge in [0.05, 0.1) is 5.01 Å². The molecule has 2 N–H and O–H groups in total. The molecule has 0 spiro atoms. The molecule has 2 rings (SSSR count). The molecule has 0 unspecified atom stereocenters. The Bertz CT molecular complexity index is 697. The molecule has 0 atom stereocenters. The van der Waals surface area contributed by atoms with Gasteiger partial charge in [0.15, 0.2) is 5.69 Å². The van der Waals surface area contributed by atoms with Crippen LogP contribution >= 0.6 is 11.3 Å². The Labute approximate surface area is 119 Å². The highest BCUT2D eigenvalue weighted by Crippen LogP contribution is 2.11. The van der Waals surface area contributed by atoms with Gasteiger partial charge in [0.25, 0.3) is 0 Å². The van der Waals surface area contributed by atoms with E-state index in [4.69, 9.17) is 5.11 Å². The maximum absolute atomic E-state index is 11.9. The number of thiazole rings is 1. The topological polar surface area (TPSA) is 109 Å². The number of nitrogens with one attached hydrogen (secondary N) is 1. The molecule has 20 heavy (non-hydrogen) atoms. The highest BCUT2D eigenvalue weighted by molar-refractivity contribution is 7.89. The summed E-state index contributed by atoms with van der Waals surface area (Å²) in [5, 5.41) is 10.7. The molecule has 2 aromatic heterocycles. The molecule has 0 bridgehead atoms. The molecule has 2 heterocycles. The Hall–Kier alpha value is -1.84. The number of rotatable bonds is 6. The first kappa shape index (κ1) is 14.6. The normalized spacial score (nSPS) is 11.4. The van der Waals surface area contributed by atoms with Crippen LogP contribution in [0.2, 0.25) is 0 Å². The van der Waals surface area contributed by atoms with Gasteiger partial charge in [0.2, 0.25) is 10.0 Å². The Morgan fingerprint density at radius 1 is 1.45 bits per heavy atom. The number of sulfonamides is 1. The summed E-state index contributed by atoms with van der Waals surface area (Å²) >= 11 is 1.19. The first-order chi connectivity index (χ1) is 9.49. The molecule has 0 aliphatic heterocycles. The van der Waals surface area contributed by atoms with Gasteiger partial charge in [0.1, 0.15) is 4.90 Å². The minimum Gasteiger partial charge on any atom is -0.476 e. The van der Waals surface area contributed by atoms with Gasteiger partial charge in [0, 0.05) is 30.7 Å². The maximum Gasteiger partial charge on any atom is 0.355 e. The zero-order valence-electron chi connectivity index (χ0n) is 10.2. The fourth-order valence-corrected chi connectivity index (χ4v) is 3.17. The van der Waals surface area contributed by atoms with Crippen molar-refractivity contribution in [3.63, 3.8) is 0 Å². The summed E-state index contributed by atoms with van der Waals surface area (Å²) in [6, 6.07) is 2.98. The first-order valence-electron chi connectivity index (χ1n) is 5.56. The van der Waals surface area contributed by atoms with E-state index in [0.29, 0.717) is 11.4 Å². The minimum atomic E-state index is -3.59. The van der Waals surface area contributed by atoms with E-state index in [1.165, 1.54) is 41.2 Å². The second-order valence-electron chi connectivity index (χ2n) is 3.77. The number of carbonyl (C=O) groups is 1. The quantitative estimate of drug-likeness (QED) is 0.814. The third kappa shape index (κ3) is 3.59. The molecule has 0 saturated carbocycles. The molecule has 106 valence electrons. The summed E-state index contributed by atoms with van der Waals surface area (Å²) in [5.74, 6) is -1.09. The Kier molecular flexibility index (Phi) is 4.42. The van der Waals surface area contributed by atoms with E-state index in [0.717, 1.165) is 0 Å². The fraction of sp³-hybridized carbons (Fsp3) is 0.182. The highest BCUT2D eigenvalue weighted by Gasteiger charge is 2.14. The van der Waals surface area contributed by atoms with Crippen LogP contribution in [0, 0.1) is 0 Å². The van der Waals surface area contributed by atoms with E-state index in [1.807, 2.05) is 0 Å². The van der Waals surface area contributed by atoms with Crippen LogP contribution in [-0.4, -0.2) is 36.0 Å². The van der Waals surface area contributed by atoms with E-state index >= 15 is 0 Å². The van der Waals surface area contributed by atoms with Crippen molar-refractivity contribution in [2.24, 2.45) is 0 Å². The molecular formula is C11H11N3O4S2. The van der Waals surface area contributed by atoms with Gasteiger partial charge >= 0.3 is 5.97 Å². The number of hydrogen-bond acceptors (Lipinski definition) is 6. The third-order valence-corrected chi connectivity index (χ3v) is 4.70. The van der Waals surface area contributed by atoms with E-state index in [2.05, 4.69) is 14.7 Å². The lowest BCUT2D eigenvalue weighted by atomic mass is 10.4. The molecule has 0 aliphatic carbocycles. The van der Waals surface area contributed by atoms with Gasteiger partial charge in [-0.2, -0.15) is 0 Å². The Balaban J connectivity index is 1.94. The number of pyridine rings is 1. The molecule has 0 aromatic carbocycles. The minimum absolute atomic E-state index is 0.0277. The first-order valence-corrected chi connectivity index (χ1v) is 7.93. The zero-order chi connectivity index (χ0) is 14.6. The summed E-state index contributed by atoms with van der Waals surface area (Å²) in [6.45, 7) is 0.143. The number of aromatic nitrogens is 2. The summed E-state index contributed by atoms with van der Waals surface area (Å²) in [5.41, 5.74) is -0.0277. The van der Waals surface area contributed by atoms with Gasteiger partial charge in [-0.1, -0.05) is 0 Å². The van der Waals surface area contributed by atoms with Crippen LogP contribution in [-0.2, 0) is 16.4 Å². The van der Waals surface area contributed by atoms with Crippen molar-refractivity contribution in [1.82, 2.24) is 14.7 Å². The van der Waals surface area contributed by atoms with Crippen LogP contribution < -0.4 is 4.72 Å². The molecule has 0 aliphatic rings. The monoisotopic (exact) mass is 313 g/mol. The molecule has 0 saturated heterocycles. The maximum atomic E-state index is 11.9. The van der Waals surface area contributed by atoms with E-state index in [1.54, 1.807) is 0 Å². The van der Waals surface area contributed by atoms with Crippen LogP contribution in [0.5, 0.6) is 0 Å². The fourth-order valence-electron chi connectivity index (χ4n) is 1.41. The average Bonchev–Trinajstić information content (AvgIpc) is 2.89. The molecule has 7 nitrogen and oxygen atoms in total. The highest BCUT2D eigenvalue weighted by atomic mass is 32.2. The van der Waals surface area contributed by atoms with Crippen molar-refractivity contribution >= 4 is 27.3 Å². The number of carboxylic acid groups (broad SMARTS) is 1. The average molecular weight is 313 g/mol. The van der Waals surface area contributed by atoms with E-state index < -0.39 is 16.0 Å². The largest absolute Gasteiger partial charge is 0.476 e. The van der Waals surface area contributed by atoms with Crippen LogP contribution in [0.4, 0.5) is 0 Å². The number of carboxylic acids is 1. The van der Waals surface area contributed by atoms with Crippen LogP contribution in [0.1, 0.15) is 15.5 Å². The molecule has 0 fully saturated rings. The summed E-state index contributed by atoms with van der Waals surface area (Å²) < 4.78 is 26.2. The predicted octanol–water partition coefficient (Wildman–Crippen LogP) is 0.757. The number of aromatic carboxylic acids is 1. The van der Waals surface area contributed by atoms with Crippen molar-refractivity contribution in [1.29, 1.82) is 0 Å². The Morgan fingerprint density at radius 2 is 2.25 bits per heavy atom. The van der Waals surface area contributed by atoms with Crippen molar-refractivity contribution in [2.45, 2.75) is 11.3 Å². The number of nitrogens with zero attached hydrogens (tertiary/aromatic N) is 2. The van der Waals surface area contributed by atoms with Crippen molar-refractivity contribution in [3.05, 3.63) is 40.6 Å². The van der Waals surface area contributed by atoms with Gasteiger partial charge in [-0.25, -0.2) is 22.9 Å². The summed E-state index contributed by atoms with van der Waals surface area (Å²) in [6.07, 6.45) is 3.08. The molecule has 0 amide bonds. The van der Waals surface area contributed by atoms with Gasteiger partial charge in [-0.15, -0.1) is 11.3 Å². The van der Waals surface area contributed by atoms with Gasteiger partial charge < -0.3 is 5.11 Å². The second kappa shape index (κ2) is 6.07. The SMILES string of the molecule is O=C(O)c1csc(CCNS(=O)(=O)c2cccnc2)n1. The third-order valence-electron chi connectivity index (χ3n) is 2.35.